The number of aromatic nitrogens is 1. The van der Waals surface area contributed by atoms with Crippen LogP contribution in [0.25, 0.3) is 0 Å². The zero-order valence-corrected chi connectivity index (χ0v) is 11.3. The van der Waals surface area contributed by atoms with Crippen molar-refractivity contribution in [2.45, 2.75) is 6.54 Å². The van der Waals surface area contributed by atoms with Gasteiger partial charge in [-0.25, -0.2) is 4.79 Å². The lowest BCUT2D eigenvalue weighted by molar-refractivity contribution is 0.0697. The number of rotatable bonds is 4. The second kappa shape index (κ2) is 5.66. The summed E-state index contributed by atoms with van der Waals surface area (Å²) in [5.74, 6) is -0.982. The number of carboxylic acid groups (broad SMARTS) is 1. The van der Waals surface area contributed by atoms with Crippen molar-refractivity contribution in [1.29, 1.82) is 0 Å². The maximum atomic E-state index is 12.1. The maximum Gasteiger partial charge on any atom is 0.335 e. The van der Waals surface area contributed by atoms with E-state index >= 15 is 0 Å². The van der Waals surface area contributed by atoms with Crippen molar-refractivity contribution < 1.29 is 9.90 Å². The third-order valence-corrected chi connectivity index (χ3v) is 3.06. The van der Waals surface area contributed by atoms with Crippen molar-refractivity contribution >= 4 is 23.2 Å². The monoisotopic (exact) mass is 288 g/mol. The fraction of sp³-hybridized carbons (Fsp3) is 0.0714. The molecule has 20 heavy (non-hydrogen) atoms. The molecule has 1 aromatic heterocycles. The molecule has 0 unspecified atom stereocenters. The first-order valence-electron chi connectivity index (χ1n) is 5.80. The summed E-state index contributed by atoms with van der Waals surface area (Å²) in [6.07, 6.45) is 1.63. The van der Waals surface area contributed by atoms with E-state index in [1.165, 1.54) is 16.7 Å². The molecule has 0 spiro atoms. The molecule has 0 fully saturated rings. The molecule has 0 aliphatic heterocycles. The molecule has 0 radical (unpaired) electrons. The third-order valence-electron chi connectivity index (χ3n) is 2.84. The van der Waals surface area contributed by atoms with Crippen LogP contribution in [0.1, 0.15) is 21.5 Å². The van der Waals surface area contributed by atoms with Gasteiger partial charge in [-0.05, 0) is 29.8 Å². The molecule has 0 bridgehead atoms. The zero-order valence-electron chi connectivity index (χ0n) is 10.4. The smallest absolute Gasteiger partial charge is 0.335 e. The number of hydrogen-bond acceptors (Lipinski definition) is 3. The fourth-order valence-electron chi connectivity index (χ4n) is 1.80. The number of hydrogen-bond donors (Lipinski definition) is 2. The van der Waals surface area contributed by atoms with Crippen LogP contribution >= 0.6 is 12.2 Å². The molecule has 0 saturated carbocycles. The van der Waals surface area contributed by atoms with E-state index in [1.54, 1.807) is 30.5 Å². The number of benzene rings is 1. The maximum absolute atomic E-state index is 12.1. The van der Waals surface area contributed by atoms with Gasteiger partial charge in [-0.15, -0.1) is 0 Å². The largest absolute Gasteiger partial charge is 0.478 e. The lowest BCUT2D eigenvalue weighted by Gasteiger charge is -2.08. The number of pyridine rings is 1. The Bertz CT molecular complexity index is 720. The second-order valence-electron chi connectivity index (χ2n) is 4.22. The molecule has 102 valence electrons. The predicted molar refractivity (Wildman–Crippen MR) is 79.1 cm³/mol. The first-order chi connectivity index (χ1) is 9.49. The van der Waals surface area contributed by atoms with Crippen molar-refractivity contribution in [2.24, 2.45) is 5.73 Å². The minimum atomic E-state index is -0.982. The van der Waals surface area contributed by atoms with Gasteiger partial charge in [0.15, 0.2) is 0 Å². The molecule has 1 heterocycles. The normalized spacial score (nSPS) is 10.2. The summed E-state index contributed by atoms with van der Waals surface area (Å²) in [6, 6.07) is 9.61. The van der Waals surface area contributed by atoms with Gasteiger partial charge in [-0.3, -0.25) is 4.79 Å². The highest BCUT2D eigenvalue weighted by Crippen LogP contribution is 2.06. The van der Waals surface area contributed by atoms with Crippen molar-refractivity contribution in [2.75, 3.05) is 0 Å². The van der Waals surface area contributed by atoms with E-state index in [-0.39, 0.29) is 16.1 Å². The Morgan fingerprint density at radius 2 is 1.90 bits per heavy atom. The van der Waals surface area contributed by atoms with Gasteiger partial charge in [-0.1, -0.05) is 24.4 Å². The molecule has 0 aliphatic carbocycles. The Labute approximate surface area is 120 Å². The Morgan fingerprint density at radius 1 is 1.25 bits per heavy atom. The molecular formula is C14H12N2O3S. The molecule has 0 atom stereocenters. The van der Waals surface area contributed by atoms with E-state index in [1.807, 2.05) is 0 Å². The predicted octanol–water partition coefficient (Wildman–Crippen LogP) is 1.23. The standard InChI is InChI=1S/C14H12N2O3S/c15-12(20)11-2-1-7-16(13(11)17)8-9-3-5-10(6-4-9)14(18)19/h1-7H,8H2,(H2,15,20)(H,18,19). The van der Waals surface area contributed by atoms with Gasteiger partial charge in [0.2, 0.25) is 0 Å². The highest BCUT2D eigenvalue weighted by molar-refractivity contribution is 7.80. The van der Waals surface area contributed by atoms with E-state index in [0.717, 1.165) is 5.56 Å². The van der Waals surface area contributed by atoms with Crippen molar-refractivity contribution in [3.63, 3.8) is 0 Å². The van der Waals surface area contributed by atoms with Crippen LogP contribution in [-0.4, -0.2) is 20.6 Å². The number of aromatic carboxylic acids is 1. The van der Waals surface area contributed by atoms with Gasteiger partial charge in [0, 0.05) is 6.20 Å². The topological polar surface area (TPSA) is 85.3 Å². The summed E-state index contributed by atoms with van der Waals surface area (Å²) < 4.78 is 1.48. The first-order valence-corrected chi connectivity index (χ1v) is 6.21. The van der Waals surface area contributed by atoms with Crippen LogP contribution in [0.3, 0.4) is 0 Å². The van der Waals surface area contributed by atoms with Gasteiger partial charge >= 0.3 is 5.97 Å². The number of carbonyl (C=O) groups is 1. The summed E-state index contributed by atoms with van der Waals surface area (Å²) in [4.78, 5) is 22.9. The number of nitrogens with two attached hydrogens (primary N) is 1. The summed E-state index contributed by atoms with van der Waals surface area (Å²) in [5, 5.41) is 8.82. The molecule has 2 aromatic rings. The minimum Gasteiger partial charge on any atom is -0.478 e. The highest BCUT2D eigenvalue weighted by Gasteiger charge is 2.07. The van der Waals surface area contributed by atoms with Crippen LogP contribution in [0.4, 0.5) is 0 Å². The zero-order chi connectivity index (χ0) is 14.7. The van der Waals surface area contributed by atoms with Gasteiger partial charge in [0.25, 0.3) is 5.56 Å². The van der Waals surface area contributed by atoms with Crippen LogP contribution in [0.15, 0.2) is 47.4 Å². The summed E-state index contributed by atoms with van der Waals surface area (Å²) >= 11 is 4.82. The van der Waals surface area contributed by atoms with Gasteiger partial charge < -0.3 is 15.4 Å². The Hall–Kier alpha value is -2.47. The highest BCUT2D eigenvalue weighted by atomic mass is 32.1. The molecule has 5 nitrogen and oxygen atoms in total. The molecule has 2 rings (SSSR count). The van der Waals surface area contributed by atoms with E-state index < -0.39 is 5.97 Å². The van der Waals surface area contributed by atoms with Crippen LogP contribution in [0.2, 0.25) is 0 Å². The Morgan fingerprint density at radius 3 is 2.45 bits per heavy atom. The van der Waals surface area contributed by atoms with Crippen molar-refractivity contribution in [1.82, 2.24) is 4.57 Å². The Balaban J connectivity index is 2.31. The lowest BCUT2D eigenvalue weighted by atomic mass is 10.1. The SMILES string of the molecule is NC(=S)c1cccn(Cc2ccc(C(=O)O)cc2)c1=O. The van der Waals surface area contributed by atoms with Crippen LogP contribution in [0, 0.1) is 0 Å². The molecule has 0 saturated heterocycles. The first kappa shape index (κ1) is 14.0. The van der Waals surface area contributed by atoms with E-state index in [9.17, 15) is 9.59 Å². The van der Waals surface area contributed by atoms with Crippen molar-refractivity contribution in [3.8, 4) is 0 Å². The van der Waals surface area contributed by atoms with Gasteiger partial charge in [0.05, 0.1) is 17.7 Å². The second-order valence-corrected chi connectivity index (χ2v) is 4.66. The number of carboxylic acids is 1. The molecule has 6 heteroatoms. The average Bonchev–Trinajstić information content (AvgIpc) is 2.41. The molecule has 0 aliphatic rings. The van der Waals surface area contributed by atoms with Crippen LogP contribution < -0.4 is 11.3 Å². The number of thiocarbonyl (C=S) groups is 1. The molecule has 3 N–H and O–H groups in total. The molecule has 1 aromatic carbocycles. The van der Waals surface area contributed by atoms with E-state index in [4.69, 9.17) is 23.1 Å². The Kier molecular flexibility index (Phi) is 3.95. The number of nitrogens with zero attached hydrogens (tertiary/aromatic N) is 1. The summed E-state index contributed by atoms with van der Waals surface area (Å²) in [6.45, 7) is 0.329. The fourth-order valence-corrected chi connectivity index (χ4v) is 1.95. The lowest BCUT2D eigenvalue weighted by Crippen LogP contribution is -2.28. The van der Waals surface area contributed by atoms with Gasteiger partial charge in [-0.2, -0.15) is 0 Å². The average molecular weight is 288 g/mol. The molecular weight excluding hydrogens is 276 g/mol. The minimum absolute atomic E-state index is 0.0607. The molecule has 0 amide bonds. The third kappa shape index (κ3) is 2.92. The summed E-state index contributed by atoms with van der Waals surface area (Å²) in [5.41, 5.74) is 6.54. The quantitative estimate of drug-likeness (QED) is 0.826. The van der Waals surface area contributed by atoms with Gasteiger partial charge in [0.1, 0.15) is 4.99 Å². The van der Waals surface area contributed by atoms with E-state index in [0.29, 0.717) is 12.1 Å². The van der Waals surface area contributed by atoms with Crippen LogP contribution in [-0.2, 0) is 6.54 Å². The van der Waals surface area contributed by atoms with E-state index in [2.05, 4.69) is 0 Å². The van der Waals surface area contributed by atoms with Crippen LogP contribution in [0.5, 0.6) is 0 Å². The summed E-state index contributed by atoms with van der Waals surface area (Å²) in [7, 11) is 0. The van der Waals surface area contributed by atoms with Crippen molar-refractivity contribution in [3.05, 3.63) is 69.6 Å².